The van der Waals surface area contributed by atoms with Crippen LogP contribution in [0.5, 0.6) is 0 Å². The standard InChI is InChI=1S/C7H14BNO4/c1-9-6-3-2-5(4-7(10)11)13-8(6)12/h5-6,9,12H,2-4H2,1H3,(H,10,11)/t5-,6?/m0/s1. The number of carboxylic acids is 1. The lowest BCUT2D eigenvalue weighted by atomic mass is 9.72. The van der Waals surface area contributed by atoms with Crippen molar-refractivity contribution in [3.63, 3.8) is 0 Å². The molecule has 2 atom stereocenters. The fraction of sp³-hybridized carbons (Fsp3) is 0.857. The third kappa shape index (κ3) is 2.98. The first kappa shape index (κ1) is 10.5. The minimum atomic E-state index is -0.889. The smallest absolute Gasteiger partial charge is 0.472 e. The summed E-state index contributed by atoms with van der Waals surface area (Å²) in [4.78, 5) is 10.3. The summed E-state index contributed by atoms with van der Waals surface area (Å²) in [6.07, 6.45) is 1.04. The molecule has 0 radical (unpaired) electrons. The second kappa shape index (κ2) is 4.60. The Bertz CT molecular complexity index is 189. The van der Waals surface area contributed by atoms with E-state index >= 15 is 0 Å². The van der Waals surface area contributed by atoms with Crippen LogP contribution in [0.3, 0.4) is 0 Å². The predicted molar refractivity (Wildman–Crippen MR) is 47.2 cm³/mol. The highest BCUT2D eigenvalue weighted by molar-refractivity contribution is 6.45. The molecule has 3 N–H and O–H groups in total. The van der Waals surface area contributed by atoms with Gasteiger partial charge in [0.1, 0.15) is 0 Å². The van der Waals surface area contributed by atoms with E-state index in [1.54, 1.807) is 7.05 Å². The molecule has 0 aromatic rings. The van der Waals surface area contributed by atoms with Crippen LogP contribution in [-0.4, -0.2) is 42.3 Å². The molecule has 5 nitrogen and oxygen atoms in total. The Morgan fingerprint density at radius 1 is 1.69 bits per heavy atom. The summed E-state index contributed by atoms with van der Waals surface area (Å²) >= 11 is 0. The lowest BCUT2D eigenvalue weighted by Crippen LogP contribution is -2.49. The van der Waals surface area contributed by atoms with Gasteiger partial charge >= 0.3 is 13.1 Å². The molecular formula is C7H14BNO4. The third-order valence-electron chi connectivity index (χ3n) is 2.25. The van der Waals surface area contributed by atoms with Gasteiger partial charge in [-0.05, 0) is 19.9 Å². The molecule has 0 aliphatic carbocycles. The van der Waals surface area contributed by atoms with Crippen LogP contribution < -0.4 is 5.32 Å². The lowest BCUT2D eigenvalue weighted by molar-refractivity contribution is -0.139. The van der Waals surface area contributed by atoms with Crippen molar-refractivity contribution in [1.82, 2.24) is 5.32 Å². The van der Waals surface area contributed by atoms with Gasteiger partial charge in [0.05, 0.1) is 12.5 Å². The van der Waals surface area contributed by atoms with Gasteiger partial charge in [-0.15, -0.1) is 0 Å². The number of carboxylic acid groups (broad SMARTS) is 1. The molecular weight excluding hydrogens is 173 g/mol. The molecule has 1 aliphatic heterocycles. The van der Waals surface area contributed by atoms with Crippen LogP contribution in [0.15, 0.2) is 0 Å². The molecule has 1 aliphatic rings. The van der Waals surface area contributed by atoms with Crippen LogP contribution in [0.1, 0.15) is 19.3 Å². The molecule has 0 aromatic heterocycles. The Balaban J connectivity index is 2.36. The number of hydrogen-bond donors (Lipinski definition) is 3. The summed E-state index contributed by atoms with van der Waals surface area (Å²) in [5.41, 5.74) is 0. The lowest BCUT2D eigenvalue weighted by Gasteiger charge is -2.29. The van der Waals surface area contributed by atoms with Crippen molar-refractivity contribution in [3.05, 3.63) is 0 Å². The molecule has 1 unspecified atom stereocenters. The Morgan fingerprint density at radius 3 is 2.85 bits per heavy atom. The average Bonchev–Trinajstić information content (AvgIpc) is 2.03. The van der Waals surface area contributed by atoms with Crippen LogP contribution in [0.2, 0.25) is 0 Å². The Labute approximate surface area is 77.2 Å². The summed E-state index contributed by atoms with van der Waals surface area (Å²) in [6, 6.07) is 0. The van der Waals surface area contributed by atoms with Crippen LogP contribution >= 0.6 is 0 Å². The molecule has 0 saturated carbocycles. The van der Waals surface area contributed by atoms with E-state index in [4.69, 9.17) is 9.76 Å². The van der Waals surface area contributed by atoms with Gasteiger partial charge in [0.25, 0.3) is 0 Å². The zero-order valence-corrected chi connectivity index (χ0v) is 7.56. The monoisotopic (exact) mass is 187 g/mol. The van der Waals surface area contributed by atoms with Crippen molar-refractivity contribution >= 4 is 13.1 Å². The predicted octanol–water partition coefficient (Wildman–Crippen LogP) is -0.752. The number of rotatable bonds is 3. The number of nitrogens with one attached hydrogen (secondary N) is 1. The van der Waals surface area contributed by atoms with E-state index in [1.165, 1.54) is 0 Å². The molecule has 0 spiro atoms. The van der Waals surface area contributed by atoms with E-state index in [0.29, 0.717) is 6.42 Å². The van der Waals surface area contributed by atoms with Gasteiger partial charge in [0.2, 0.25) is 0 Å². The fourth-order valence-electron chi connectivity index (χ4n) is 1.50. The van der Waals surface area contributed by atoms with Crippen LogP contribution in [0.4, 0.5) is 0 Å². The van der Waals surface area contributed by atoms with Crippen LogP contribution in [-0.2, 0) is 9.45 Å². The Morgan fingerprint density at radius 2 is 2.38 bits per heavy atom. The fourth-order valence-corrected chi connectivity index (χ4v) is 1.50. The van der Waals surface area contributed by atoms with Crippen LogP contribution in [0.25, 0.3) is 0 Å². The highest BCUT2D eigenvalue weighted by Crippen LogP contribution is 2.17. The molecule has 1 heterocycles. The van der Waals surface area contributed by atoms with Gasteiger partial charge < -0.3 is 20.1 Å². The molecule has 0 amide bonds. The summed E-state index contributed by atoms with van der Waals surface area (Å²) in [5, 5.41) is 20.8. The van der Waals surface area contributed by atoms with E-state index in [-0.39, 0.29) is 18.5 Å². The summed E-state index contributed by atoms with van der Waals surface area (Å²) in [6.45, 7) is 0. The molecule has 1 rings (SSSR count). The minimum absolute atomic E-state index is 0.0342. The van der Waals surface area contributed by atoms with Crippen LogP contribution in [0, 0.1) is 0 Å². The minimum Gasteiger partial charge on any atom is -0.481 e. The SMILES string of the molecule is CNC1CC[C@@H](CC(=O)O)OB1O. The molecule has 13 heavy (non-hydrogen) atoms. The first-order valence-corrected chi connectivity index (χ1v) is 4.36. The normalized spacial score (nSPS) is 28.9. The zero-order valence-electron chi connectivity index (χ0n) is 7.56. The van der Waals surface area contributed by atoms with E-state index in [1.807, 2.05) is 0 Å². The van der Waals surface area contributed by atoms with Crippen molar-refractivity contribution < 1.29 is 19.6 Å². The maximum absolute atomic E-state index is 10.3. The van der Waals surface area contributed by atoms with Gasteiger partial charge in [-0.1, -0.05) is 0 Å². The largest absolute Gasteiger partial charge is 0.481 e. The van der Waals surface area contributed by atoms with Gasteiger partial charge in [-0.25, -0.2) is 0 Å². The summed E-state index contributed by atoms with van der Waals surface area (Å²) in [7, 11) is 0.859. The molecule has 0 bridgehead atoms. The maximum Gasteiger partial charge on any atom is 0.472 e. The molecule has 6 heteroatoms. The molecule has 1 fully saturated rings. The van der Waals surface area contributed by atoms with Gasteiger partial charge in [0.15, 0.2) is 0 Å². The third-order valence-corrected chi connectivity index (χ3v) is 2.25. The quantitative estimate of drug-likeness (QED) is 0.506. The highest BCUT2D eigenvalue weighted by Gasteiger charge is 2.34. The highest BCUT2D eigenvalue weighted by atomic mass is 16.5. The van der Waals surface area contributed by atoms with Crippen molar-refractivity contribution in [2.24, 2.45) is 0 Å². The first-order chi connectivity index (χ1) is 6.13. The van der Waals surface area contributed by atoms with E-state index in [0.717, 1.165) is 6.42 Å². The van der Waals surface area contributed by atoms with Crippen molar-refractivity contribution in [3.8, 4) is 0 Å². The van der Waals surface area contributed by atoms with Gasteiger partial charge in [0, 0.05) is 5.94 Å². The first-order valence-electron chi connectivity index (χ1n) is 4.36. The topological polar surface area (TPSA) is 78.8 Å². The number of hydrogen-bond acceptors (Lipinski definition) is 4. The van der Waals surface area contributed by atoms with Crippen molar-refractivity contribution in [2.75, 3.05) is 7.05 Å². The van der Waals surface area contributed by atoms with E-state index < -0.39 is 13.1 Å². The Kier molecular flexibility index (Phi) is 3.71. The van der Waals surface area contributed by atoms with E-state index in [9.17, 15) is 9.82 Å². The maximum atomic E-state index is 10.3. The molecule has 0 aromatic carbocycles. The Hall–Kier alpha value is -0.585. The zero-order chi connectivity index (χ0) is 9.84. The molecule has 1 saturated heterocycles. The second-order valence-corrected chi connectivity index (χ2v) is 3.22. The average molecular weight is 187 g/mol. The number of carbonyl (C=O) groups is 1. The van der Waals surface area contributed by atoms with Crippen molar-refractivity contribution in [1.29, 1.82) is 0 Å². The molecule has 74 valence electrons. The summed E-state index contributed by atoms with van der Waals surface area (Å²) in [5.74, 6) is -0.967. The van der Waals surface area contributed by atoms with Gasteiger partial charge in [-0.3, -0.25) is 4.79 Å². The van der Waals surface area contributed by atoms with Crippen molar-refractivity contribution in [2.45, 2.75) is 31.3 Å². The van der Waals surface area contributed by atoms with E-state index in [2.05, 4.69) is 5.32 Å². The number of aliphatic carboxylic acids is 1. The second-order valence-electron chi connectivity index (χ2n) is 3.22. The van der Waals surface area contributed by atoms with Gasteiger partial charge in [-0.2, -0.15) is 0 Å². The summed E-state index contributed by atoms with van der Waals surface area (Å²) < 4.78 is 5.11.